The molecule has 0 fully saturated rings. The molecule has 0 saturated heterocycles. The largest absolute Gasteiger partial charge is 0.324 e. The number of benzene rings is 2. The van der Waals surface area contributed by atoms with Crippen LogP contribution in [0.25, 0.3) is 10.9 Å². The van der Waals surface area contributed by atoms with Crippen LogP contribution in [0.1, 0.15) is 12.5 Å². The molecule has 0 aliphatic heterocycles. The molecule has 0 aliphatic rings. The summed E-state index contributed by atoms with van der Waals surface area (Å²) in [6.45, 7) is 1.75. The van der Waals surface area contributed by atoms with Gasteiger partial charge >= 0.3 is 0 Å². The maximum Gasteiger partial charge on any atom is 0.270 e. The molecule has 132 valence electrons. The second-order valence-corrected chi connectivity index (χ2v) is 5.70. The van der Waals surface area contributed by atoms with E-state index in [1.807, 2.05) is 25.1 Å². The summed E-state index contributed by atoms with van der Waals surface area (Å²) < 4.78 is 1.13. The number of aromatic nitrogens is 2. The number of hydrogen-bond acceptors (Lipinski definition) is 5. The van der Waals surface area contributed by atoms with Crippen molar-refractivity contribution in [3.05, 3.63) is 74.8 Å². The van der Waals surface area contributed by atoms with Crippen molar-refractivity contribution in [1.82, 2.24) is 9.55 Å². The number of aryl methyl sites for hydroxylation is 1. The number of nitro benzene ring substituents is 1. The lowest BCUT2D eigenvalue weighted by molar-refractivity contribution is -0.384. The molecule has 1 N–H and O–H groups in total. The molecule has 3 aromatic rings. The van der Waals surface area contributed by atoms with Crippen molar-refractivity contribution >= 4 is 28.2 Å². The SMILES string of the molecule is CCc1ccccc1NC(=O)Cn1cnc2ccc([N+](=O)[O-])cc2c1=O. The Kier molecular flexibility index (Phi) is 4.74. The molecule has 0 aliphatic carbocycles. The zero-order valence-corrected chi connectivity index (χ0v) is 14.0. The molecular formula is C18H16N4O4. The number of para-hydroxylation sites is 1. The van der Waals surface area contributed by atoms with Gasteiger partial charge in [0.2, 0.25) is 5.91 Å². The van der Waals surface area contributed by atoms with Crippen molar-refractivity contribution in [1.29, 1.82) is 0 Å². The van der Waals surface area contributed by atoms with Crippen LogP contribution in [0.15, 0.2) is 53.6 Å². The summed E-state index contributed by atoms with van der Waals surface area (Å²) in [5, 5.41) is 13.8. The lowest BCUT2D eigenvalue weighted by Gasteiger charge is -2.11. The molecule has 8 heteroatoms. The Balaban J connectivity index is 1.88. The van der Waals surface area contributed by atoms with E-state index in [0.717, 1.165) is 16.6 Å². The minimum Gasteiger partial charge on any atom is -0.324 e. The number of carbonyl (C=O) groups excluding carboxylic acids is 1. The van der Waals surface area contributed by atoms with Gasteiger partial charge in [0.15, 0.2) is 0 Å². The maximum absolute atomic E-state index is 12.5. The van der Waals surface area contributed by atoms with Crippen LogP contribution in [0.3, 0.4) is 0 Å². The number of fused-ring (bicyclic) bond motifs is 1. The molecule has 26 heavy (non-hydrogen) atoms. The Morgan fingerprint density at radius 2 is 2.04 bits per heavy atom. The average molecular weight is 352 g/mol. The monoisotopic (exact) mass is 352 g/mol. The molecular weight excluding hydrogens is 336 g/mol. The summed E-state index contributed by atoms with van der Waals surface area (Å²) in [5.41, 5.74) is 1.32. The number of non-ortho nitro benzene ring substituents is 1. The lowest BCUT2D eigenvalue weighted by atomic mass is 10.1. The van der Waals surface area contributed by atoms with E-state index < -0.39 is 10.5 Å². The number of hydrogen-bond donors (Lipinski definition) is 1. The van der Waals surface area contributed by atoms with Gasteiger partial charge in [0.25, 0.3) is 11.2 Å². The molecule has 0 unspecified atom stereocenters. The topological polar surface area (TPSA) is 107 Å². The van der Waals surface area contributed by atoms with Crippen LogP contribution in [0, 0.1) is 10.1 Å². The van der Waals surface area contributed by atoms with Gasteiger partial charge in [-0.25, -0.2) is 4.98 Å². The van der Waals surface area contributed by atoms with Crippen LogP contribution < -0.4 is 10.9 Å². The summed E-state index contributed by atoms with van der Waals surface area (Å²) in [6.07, 6.45) is 2.03. The van der Waals surface area contributed by atoms with Crippen molar-refractivity contribution in [2.45, 2.75) is 19.9 Å². The van der Waals surface area contributed by atoms with E-state index in [-0.39, 0.29) is 23.5 Å². The third-order valence-corrected chi connectivity index (χ3v) is 4.00. The van der Waals surface area contributed by atoms with Crippen LogP contribution in [0.2, 0.25) is 0 Å². The number of carbonyl (C=O) groups is 1. The Bertz CT molecular complexity index is 1060. The fourth-order valence-electron chi connectivity index (χ4n) is 2.67. The molecule has 0 bridgehead atoms. The summed E-state index contributed by atoms with van der Waals surface area (Å²) in [6, 6.07) is 11.3. The number of nitrogens with zero attached hydrogens (tertiary/aromatic N) is 3. The Hall–Kier alpha value is -3.55. The van der Waals surface area contributed by atoms with Crippen LogP contribution in [0.4, 0.5) is 11.4 Å². The Labute approximate surface area is 148 Å². The molecule has 1 amide bonds. The molecule has 2 aromatic carbocycles. The molecule has 0 atom stereocenters. The highest BCUT2D eigenvalue weighted by molar-refractivity contribution is 5.91. The first-order valence-electron chi connectivity index (χ1n) is 8.01. The second kappa shape index (κ2) is 7.14. The van der Waals surface area contributed by atoms with Gasteiger partial charge in [-0.05, 0) is 24.1 Å². The third-order valence-electron chi connectivity index (χ3n) is 4.00. The number of nitro groups is 1. The van der Waals surface area contributed by atoms with Gasteiger partial charge in [0.05, 0.1) is 22.2 Å². The zero-order chi connectivity index (χ0) is 18.7. The van der Waals surface area contributed by atoms with E-state index in [1.54, 1.807) is 6.07 Å². The predicted molar refractivity (Wildman–Crippen MR) is 97.1 cm³/mol. The standard InChI is InChI=1S/C18H16N4O4/c1-2-12-5-3-4-6-15(12)20-17(23)10-21-11-19-16-8-7-13(22(25)26)9-14(16)18(21)24/h3-9,11H,2,10H2,1H3,(H,20,23). The minimum absolute atomic E-state index is 0.100. The first kappa shape index (κ1) is 17.3. The molecule has 3 rings (SSSR count). The number of anilines is 1. The van der Waals surface area contributed by atoms with Gasteiger partial charge in [0.1, 0.15) is 6.54 Å². The summed E-state index contributed by atoms with van der Waals surface area (Å²) in [4.78, 5) is 39.3. The normalized spacial score (nSPS) is 10.7. The van der Waals surface area contributed by atoms with E-state index in [4.69, 9.17) is 0 Å². The van der Waals surface area contributed by atoms with E-state index in [1.165, 1.54) is 24.5 Å². The fourth-order valence-corrected chi connectivity index (χ4v) is 2.67. The van der Waals surface area contributed by atoms with Gasteiger partial charge in [0, 0.05) is 17.8 Å². The number of amides is 1. The summed E-state index contributed by atoms with van der Waals surface area (Å²) in [7, 11) is 0. The van der Waals surface area contributed by atoms with Gasteiger partial charge in [-0.1, -0.05) is 25.1 Å². The molecule has 0 radical (unpaired) electrons. The van der Waals surface area contributed by atoms with Crippen molar-refractivity contribution in [2.75, 3.05) is 5.32 Å². The maximum atomic E-state index is 12.5. The molecule has 8 nitrogen and oxygen atoms in total. The van der Waals surface area contributed by atoms with Crippen molar-refractivity contribution in [2.24, 2.45) is 0 Å². The highest BCUT2D eigenvalue weighted by atomic mass is 16.6. The third kappa shape index (κ3) is 3.44. The first-order valence-corrected chi connectivity index (χ1v) is 8.01. The highest BCUT2D eigenvalue weighted by Gasteiger charge is 2.13. The highest BCUT2D eigenvalue weighted by Crippen LogP contribution is 2.17. The molecule has 0 saturated carbocycles. The van der Waals surface area contributed by atoms with Crippen LogP contribution >= 0.6 is 0 Å². The quantitative estimate of drug-likeness (QED) is 0.561. The van der Waals surface area contributed by atoms with E-state index in [9.17, 15) is 19.7 Å². The van der Waals surface area contributed by atoms with E-state index in [2.05, 4.69) is 10.3 Å². The average Bonchev–Trinajstić information content (AvgIpc) is 2.64. The zero-order valence-electron chi connectivity index (χ0n) is 14.0. The van der Waals surface area contributed by atoms with Gasteiger partial charge < -0.3 is 5.32 Å². The molecule has 1 heterocycles. The fraction of sp³-hybridized carbons (Fsp3) is 0.167. The summed E-state index contributed by atoms with van der Waals surface area (Å²) >= 11 is 0. The first-order chi connectivity index (χ1) is 12.5. The van der Waals surface area contributed by atoms with E-state index in [0.29, 0.717) is 11.2 Å². The number of rotatable bonds is 5. The predicted octanol–water partition coefficient (Wildman–Crippen LogP) is 2.51. The van der Waals surface area contributed by atoms with Gasteiger partial charge in [-0.15, -0.1) is 0 Å². The van der Waals surface area contributed by atoms with Crippen LogP contribution in [-0.4, -0.2) is 20.4 Å². The van der Waals surface area contributed by atoms with Crippen molar-refractivity contribution in [3.8, 4) is 0 Å². The van der Waals surface area contributed by atoms with Crippen molar-refractivity contribution < 1.29 is 9.72 Å². The second-order valence-electron chi connectivity index (χ2n) is 5.70. The minimum atomic E-state index is -0.579. The van der Waals surface area contributed by atoms with Crippen molar-refractivity contribution in [3.63, 3.8) is 0 Å². The van der Waals surface area contributed by atoms with Gasteiger partial charge in [-0.2, -0.15) is 0 Å². The van der Waals surface area contributed by atoms with Crippen LogP contribution in [0.5, 0.6) is 0 Å². The lowest BCUT2D eigenvalue weighted by Crippen LogP contribution is -2.28. The Morgan fingerprint density at radius 3 is 2.77 bits per heavy atom. The summed E-state index contributed by atoms with van der Waals surface area (Å²) in [5.74, 6) is -0.375. The van der Waals surface area contributed by atoms with Gasteiger partial charge in [-0.3, -0.25) is 24.3 Å². The van der Waals surface area contributed by atoms with E-state index >= 15 is 0 Å². The molecule has 1 aromatic heterocycles. The van der Waals surface area contributed by atoms with Crippen LogP contribution in [-0.2, 0) is 17.8 Å². The molecule has 0 spiro atoms. The smallest absolute Gasteiger partial charge is 0.270 e. The Morgan fingerprint density at radius 1 is 1.27 bits per heavy atom. The number of nitrogens with one attached hydrogen (secondary N) is 1.